The van der Waals surface area contributed by atoms with Crippen molar-refractivity contribution in [2.45, 2.75) is 63.2 Å². The number of amides is 3. The Balaban J connectivity index is 1.39. The number of anilines is 2. The molecule has 51 heavy (non-hydrogen) atoms. The van der Waals surface area contributed by atoms with Crippen LogP contribution >= 0.6 is 0 Å². The zero-order chi connectivity index (χ0) is 36.7. The first-order valence-electron chi connectivity index (χ1n) is 16.9. The summed E-state index contributed by atoms with van der Waals surface area (Å²) in [6.07, 6.45) is 1.20. The minimum absolute atomic E-state index is 0.0287. The summed E-state index contributed by atoms with van der Waals surface area (Å²) in [5, 5.41) is 15.8. The number of urea groups is 1. The lowest BCUT2D eigenvalue weighted by Crippen LogP contribution is -2.48. The van der Waals surface area contributed by atoms with E-state index in [9.17, 15) is 27.5 Å². The van der Waals surface area contributed by atoms with E-state index in [1.807, 2.05) is 13.8 Å². The Bertz CT molecular complexity index is 1790. The highest BCUT2D eigenvalue weighted by Crippen LogP contribution is 2.34. The maximum atomic E-state index is 14.4. The molecule has 13 nitrogen and oxygen atoms in total. The number of likely N-dealkylation sites (N-methyl/N-ethyl adjacent to an activating group) is 1. The molecule has 0 saturated carbocycles. The molecule has 2 aliphatic heterocycles. The molecule has 0 saturated heterocycles. The van der Waals surface area contributed by atoms with Crippen LogP contribution in [0.4, 0.5) is 20.6 Å². The summed E-state index contributed by atoms with van der Waals surface area (Å²) in [7, 11) is -2.54. The first-order valence-corrected chi connectivity index (χ1v) is 18.3. The number of carbonyl (C=O) groups excluding carboxylic acids is 2. The van der Waals surface area contributed by atoms with Crippen LogP contribution in [0.3, 0.4) is 0 Å². The number of hydrogen-bond acceptors (Lipinski definition) is 9. The largest absolute Gasteiger partial charge is 0.490 e. The number of ether oxygens (including phenoxy) is 4. The molecule has 2 aliphatic rings. The summed E-state index contributed by atoms with van der Waals surface area (Å²) in [6.45, 7) is 5.66. The van der Waals surface area contributed by atoms with Gasteiger partial charge in [0.2, 0.25) is 16.8 Å². The van der Waals surface area contributed by atoms with Crippen molar-refractivity contribution < 1.29 is 46.5 Å². The van der Waals surface area contributed by atoms with Crippen molar-refractivity contribution in [1.29, 1.82) is 0 Å². The highest BCUT2D eigenvalue weighted by molar-refractivity contribution is 7.89. The molecule has 0 aromatic heterocycles. The van der Waals surface area contributed by atoms with Crippen LogP contribution in [-0.2, 0) is 14.8 Å². The molecule has 4 atom stereocenters. The number of sulfonamides is 1. The lowest BCUT2D eigenvalue weighted by Gasteiger charge is -2.35. The summed E-state index contributed by atoms with van der Waals surface area (Å²) in [6, 6.07) is 13.3. The van der Waals surface area contributed by atoms with Gasteiger partial charge in [0.15, 0.2) is 11.5 Å². The minimum Gasteiger partial charge on any atom is -0.490 e. The van der Waals surface area contributed by atoms with Gasteiger partial charge in [-0.2, -0.15) is 4.31 Å². The molecular formula is C36H45FN4O9S. The van der Waals surface area contributed by atoms with Gasteiger partial charge >= 0.3 is 6.03 Å². The molecule has 0 fully saturated rings. The lowest BCUT2D eigenvalue weighted by atomic mass is 10.0. The third-order valence-electron chi connectivity index (χ3n) is 8.90. The Morgan fingerprint density at radius 3 is 2.37 bits per heavy atom. The molecule has 3 aromatic carbocycles. The fourth-order valence-electron chi connectivity index (χ4n) is 5.87. The van der Waals surface area contributed by atoms with Crippen LogP contribution in [0.5, 0.6) is 17.2 Å². The van der Waals surface area contributed by atoms with Gasteiger partial charge in [-0.1, -0.05) is 6.92 Å². The Hall–Kier alpha value is -4.44. The first kappa shape index (κ1) is 37.8. The second kappa shape index (κ2) is 16.7. The summed E-state index contributed by atoms with van der Waals surface area (Å²) in [5.41, 5.74) is 0.991. The third kappa shape index (κ3) is 9.47. The zero-order valence-electron chi connectivity index (χ0n) is 29.1. The lowest BCUT2D eigenvalue weighted by molar-refractivity contribution is -0.00834. The number of aliphatic hydroxyl groups is 1. The molecule has 3 amide bonds. The Morgan fingerprint density at radius 2 is 1.67 bits per heavy atom. The third-order valence-corrected chi connectivity index (χ3v) is 10.7. The number of benzene rings is 3. The summed E-state index contributed by atoms with van der Waals surface area (Å²) < 4.78 is 64.7. The van der Waals surface area contributed by atoms with Crippen molar-refractivity contribution in [1.82, 2.24) is 9.21 Å². The molecule has 0 spiro atoms. The number of halogens is 1. The second-order valence-electron chi connectivity index (χ2n) is 12.9. The van der Waals surface area contributed by atoms with E-state index in [0.717, 1.165) is 18.6 Å². The van der Waals surface area contributed by atoms with Crippen molar-refractivity contribution in [3.8, 4) is 17.2 Å². The van der Waals surface area contributed by atoms with Crippen molar-refractivity contribution in [2.24, 2.45) is 5.92 Å². The molecule has 15 heteroatoms. The smallest absolute Gasteiger partial charge is 0.323 e. The molecule has 5 rings (SSSR count). The standard InChI is InChI=1S/C36H45FN4O9S/c1-23-19-41(24(2)21-42)35(43)30-17-27(38-36(44)39-28-11-15-32-33(18-28)49-22-48-32)10-14-31(30)50-25(3)7-5-6-16-47-34(23)20-40(4)51(45,46)29-12-8-26(37)9-13-29/h8-15,17-18,23-25,34,42H,5-7,16,19-22H2,1-4H3,(H2,38,39,44)/t23-,24+,25-,34+/m0/s1. The average Bonchev–Trinajstić information content (AvgIpc) is 3.57. The molecule has 3 aromatic rings. The number of rotatable bonds is 8. The van der Waals surface area contributed by atoms with Gasteiger partial charge in [0.05, 0.1) is 35.3 Å². The summed E-state index contributed by atoms with van der Waals surface area (Å²) >= 11 is 0. The predicted molar refractivity (Wildman–Crippen MR) is 188 cm³/mol. The zero-order valence-corrected chi connectivity index (χ0v) is 30.0. The maximum Gasteiger partial charge on any atom is 0.323 e. The van der Waals surface area contributed by atoms with Crippen LogP contribution in [-0.4, -0.2) is 93.1 Å². The molecule has 2 heterocycles. The van der Waals surface area contributed by atoms with Gasteiger partial charge in [0, 0.05) is 50.1 Å². The SMILES string of the molecule is C[C@H](CO)N1C[C@H](C)[C@@H](CN(C)S(=O)(=O)c2ccc(F)cc2)OCCCC[C@H](C)Oc2ccc(NC(=O)Nc3ccc4c(c3)OCO4)cc2C1=O. The minimum atomic E-state index is -3.97. The monoisotopic (exact) mass is 728 g/mol. The van der Waals surface area contributed by atoms with E-state index in [2.05, 4.69) is 10.6 Å². The van der Waals surface area contributed by atoms with Crippen molar-refractivity contribution in [3.05, 3.63) is 72.0 Å². The fourth-order valence-corrected chi connectivity index (χ4v) is 7.05. The Morgan fingerprint density at radius 1 is 1.00 bits per heavy atom. The van der Waals surface area contributed by atoms with Gasteiger partial charge in [-0.25, -0.2) is 17.6 Å². The Kier molecular flexibility index (Phi) is 12.4. The molecule has 3 N–H and O–H groups in total. The average molecular weight is 729 g/mol. The summed E-state index contributed by atoms with van der Waals surface area (Å²) in [5.74, 6) is 0.0262. The second-order valence-corrected chi connectivity index (χ2v) is 14.9. The number of nitrogens with one attached hydrogen (secondary N) is 2. The van der Waals surface area contributed by atoms with E-state index in [0.29, 0.717) is 48.1 Å². The fraction of sp³-hybridized carbons (Fsp3) is 0.444. The van der Waals surface area contributed by atoms with E-state index >= 15 is 0 Å². The molecule has 276 valence electrons. The van der Waals surface area contributed by atoms with Gasteiger partial charge < -0.3 is 39.6 Å². The molecule has 0 unspecified atom stereocenters. The van der Waals surface area contributed by atoms with E-state index in [1.165, 1.54) is 34.5 Å². The van der Waals surface area contributed by atoms with E-state index in [4.69, 9.17) is 18.9 Å². The topological polar surface area (TPSA) is 156 Å². The van der Waals surface area contributed by atoms with Crippen molar-refractivity contribution >= 4 is 33.3 Å². The van der Waals surface area contributed by atoms with E-state index in [-0.39, 0.29) is 43.1 Å². The van der Waals surface area contributed by atoms with E-state index < -0.39 is 45.8 Å². The molecule has 0 aliphatic carbocycles. The number of nitrogens with zero attached hydrogens (tertiary/aromatic N) is 2. The number of aliphatic hydroxyl groups excluding tert-OH is 1. The predicted octanol–water partition coefficient (Wildman–Crippen LogP) is 5.31. The number of fused-ring (bicyclic) bond motifs is 2. The molecule has 0 radical (unpaired) electrons. The van der Waals surface area contributed by atoms with Gasteiger partial charge in [-0.3, -0.25) is 4.79 Å². The molecular weight excluding hydrogens is 683 g/mol. The van der Waals surface area contributed by atoms with Crippen molar-refractivity contribution in [3.63, 3.8) is 0 Å². The van der Waals surface area contributed by atoms with E-state index in [1.54, 1.807) is 37.3 Å². The maximum absolute atomic E-state index is 14.4. The highest BCUT2D eigenvalue weighted by Gasteiger charge is 2.32. The first-order chi connectivity index (χ1) is 24.3. The van der Waals surface area contributed by atoms with Crippen LogP contribution in [0.15, 0.2) is 65.6 Å². The number of hydrogen-bond donors (Lipinski definition) is 3. The molecule has 0 bridgehead atoms. The van der Waals surface area contributed by atoms with Gasteiger partial charge in [0.25, 0.3) is 5.91 Å². The Labute approximate surface area is 297 Å². The highest BCUT2D eigenvalue weighted by atomic mass is 32.2. The van der Waals surface area contributed by atoms with Crippen LogP contribution in [0.25, 0.3) is 0 Å². The van der Waals surface area contributed by atoms with Gasteiger partial charge in [0.1, 0.15) is 11.6 Å². The van der Waals surface area contributed by atoms with Crippen LogP contribution in [0.2, 0.25) is 0 Å². The van der Waals surface area contributed by atoms with Crippen LogP contribution in [0.1, 0.15) is 50.4 Å². The van der Waals surface area contributed by atoms with Crippen LogP contribution in [0, 0.1) is 11.7 Å². The van der Waals surface area contributed by atoms with Crippen LogP contribution < -0.4 is 24.8 Å². The summed E-state index contributed by atoms with van der Waals surface area (Å²) in [4.78, 5) is 28.8. The van der Waals surface area contributed by atoms with Crippen molar-refractivity contribution in [2.75, 3.05) is 50.8 Å². The van der Waals surface area contributed by atoms with Gasteiger partial charge in [-0.05, 0) is 87.7 Å². The quantitative estimate of drug-likeness (QED) is 0.280. The number of carbonyl (C=O) groups is 2. The van der Waals surface area contributed by atoms with Gasteiger partial charge in [-0.15, -0.1) is 0 Å². The normalized spacial score (nSPS) is 20.6.